The normalized spacial score (nSPS) is 12.7. The van der Waals surface area contributed by atoms with E-state index in [4.69, 9.17) is 4.52 Å². The summed E-state index contributed by atoms with van der Waals surface area (Å²) in [4.78, 5) is 4.15. The zero-order valence-corrected chi connectivity index (χ0v) is 11.3. The summed E-state index contributed by atoms with van der Waals surface area (Å²) in [7, 11) is 0. The molecule has 2 aromatic heterocycles. The molecule has 2 aromatic rings. The van der Waals surface area contributed by atoms with Gasteiger partial charge in [-0.1, -0.05) is 5.16 Å². The molecule has 0 radical (unpaired) electrons. The van der Waals surface area contributed by atoms with E-state index >= 15 is 0 Å². The molecule has 2 heterocycles. The van der Waals surface area contributed by atoms with Crippen LogP contribution in [-0.4, -0.2) is 10.1 Å². The molecule has 0 aliphatic heterocycles. The van der Waals surface area contributed by atoms with Gasteiger partial charge in [-0.3, -0.25) is 4.98 Å². The van der Waals surface area contributed by atoms with E-state index < -0.39 is 0 Å². The minimum Gasteiger partial charge on any atom is -0.361 e. The lowest BCUT2D eigenvalue weighted by molar-refractivity contribution is 0.390. The summed E-state index contributed by atoms with van der Waals surface area (Å²) in [5, 5.41) is 7.47. The van der Waals surface area contributed by atoms with E-state index in [1.54, 1.807) is 0 Å². The van der Waals surface area contributed by atoms with E-state index in [9.17, 15) is 0 Å². The standard InChI is InChI=1S/C14H19N3O/c1-9-5-6-15-7-13(9)8-16-10(2)14-11(3)17-18-12(14)4/h5-7,10,16H,8H2,1-4H3. The Bertz CT molecular complexity index is 514. The lowest BCUT2D eigenvalue weighted by Gasteiger charge is -2.14. The zero-order valence-electron chi connectivity index (χ0n) is 11.3. The van der Waals surface area contributed by atoms with E-state index in [0.29, 0.717) is 0 Å². The topological polar surface area (TPSA) is 51.0 Å². The quantitative estimate of drug-likeness (QED) is 0.900. The van der Waals surface area contributed by atoms with Crippen LogP contribution in [0, 0.1) is 20.8 Å². The average molecular weight is 245 g/mol. The number of rotatable bonds is 4. The van der Waals surface area contributed by atoms with Gasteiger partial charge in [0.05, 0.1) is 5.69 Å². The Labute approximate surface area is 107 Å². The molecule has 0 fully saturated rings. The Kier molecular flexibility index (Phi) is 3.77. The van der Waals surface area contributed by atoms with E-state index in [1.165, 1.54) is 11.1 Å². The van der Waals surface area contributed by atoms with Crippen molar-refractivity contribution in [1.29, 1.82) is 0 Å². The summed E-state index contributed by atoms with van der Waals surface area (Å²) < 4.78 is 5.19. The molecular formula is C14H19N3O. The first kappa shape index (κ1) is 12.8. The number of nitrogens with one attached hydrogen (secondary N) is 1. The fourth-order valence-corrected chi connectivity index (χ4v) is 2.16. The number of aromatic nitrogens is 2. The Morgan fingerprint density at radius 3 is 2.72 bits per heavy atom. The van der Waals surface area contributed by atoms with Crippen LogP contribution in [0.1, 0.15) is 41.1 Å². The summed E-state index contributed by atoms with van der Waals surface area (Å²) in [6.07, 6.45) is 3.72. The second kappa shape index (κ2) is 5.31. The minimum absolute atomic E-state index is 0.218. The average Bonchev–Trinajstić information content (AvgIpc) is 2.68. The Morgan fingerprint density at radius 2 is 2.11 bits per heavy atom. The van der Waals surface area contributed by atoms with Gasteiger partial charge in [-0.15, -0.1) is 0 Å². The van der Waals surface area contributed by atoms with Crippen LogP contribution in [0.15, 0.2) is 23.0 Å². The van der Waals surface area contributed by atoms with Crippen LogP contribution in [0.5, 0.6) is 0 Å². The molecule has 4 heteroatoms. The molecule has 18 heavy (non-hydrogen) atoms. The molecular weight excluding hydrogens is 226 g/mol. The molecule has 2 rings (SSSR count). The predicted octanol–water partition coefficient (Wildman–Crippen LogP) is 2.85. The van der Waals surface area contributed by atoms with Crippen LogP contribution in [-0.2, 0) is 6.54 Å². The second-order valence-electron chi connectivity index (χ2n) is 4.64. The highest BCUT2D eigenvalue weighted by atomic mass is 16.5. The molecule has 0 aliphatic rings. The maximum atomic E-state index is 5.19. The fourth-order valence-electron chi connectivity index (χ4n) is 2.16. The van der Waals surface area contributed by atoms with Crippen LogP contribution in [0.25, 0.3) is 0 Å². The van der Waals surface area contributed by atoms with Crippen molar-refractivity contribution in [3.05, 3.63) is 46.6 Å². The SMILES string of the molecule is Cc1ccncc1CNC(C)c1c(C)noc1C. The van der Waals surface area contributed by atoms with Crippen LogP contribution in [0.2, 0.25) is 0 Å². The first-order valence-corrected chi connectivity index (χ1v) is 6.15. The van der Waals surface area contributed by atoms with Gasteiger partial charge in [-0.25, -0.2) is 0 Å². The molecule has 0 aromatic carbocycles. The van der Waals surface area contributed by atoms with Crippen molar-refractivity contribution in [2.24, 2.45) is 0 Å². The predicted molar refractivity (Wildman–Crippen MR) is 70.2 cm³/mol. The molecule has 1 N–H and O–H groups in total. The third-order valence-electron chi connectivity index (χ3n) is 3.27. The first-order chi connectivity index (χ1) is 8.59. The van der Waals surface area contributed by atoms with Gasteiger partial charge in [0.1, 0.15) is 5.76 Å². The van der Waals surface area contributed by atoms with Crippen molar-refractivity contribution in [3.63, 3.8) is 0 Å². The van der Waals surface area contributed by atoms with E-state index in [1.807, 2.05) is 32.3 Å². The summed E-state index contributed by atoms with van der Waals surface area (Å²) in [5.41, 5.74) is 4.58. The number of nitrogens with zero attached hydrogens (tertiary/aromatic N) is 2. The second-order valence-corrected chi connectivity index (χ2v) is 4.64. The molecule has 0 saturated carbocycles. The Hall–Kier alpha value is -1.68. The van der Waals surface area contributed by atoms with Gasteiger partial charge < -0.3 is 9.84 Å². The number of pyridine rings is 1. The van der Waals surface area contributed by atoms with Gasteiger partial charge in [0.15, 0.2) is 0 Å². The lowest BCUT2D eigenvalue weighted by atomic mass is 10.1. The maximum Gasteiger partial charge on any atom is 0.138 e. The Morgan fingerprint density at radius 1 is 1.33 bits per heavy atom. The highest BCUT2D eigenvalue weighted by Crippen LogP contribution is 2.21. The minimum atomic E-state index is 0.218. The largest absolute Gasteiger partial charge is 0.361 e. The van der Waals surface area contributed by atoms with E-state index in [-0.39, 0.29) is 6.04 Å². The summed E-state index contributed by atoms with van der Waals surface area (Å²) in [6, 6.07) is 2.24. The van der Waals surface area contributed by atoms with Crippen LogP contribution in [0.4, 0.5) is 0 Å². The number of aryl methyl sites for hydroxylation is 3. The maximum absolute atomic E-state index is 5.19. The molecule has 0 saturated heterocycles. The summed E-state index contributed by atoms with van der Waals surface area (Å²) in [6.45, 7) is 8.94. The lowest BCUT2D eigenvalue weighted by Crippen LogP contribution is -2.19. The molecule has 0 spiro atoms. The highest BCUT2D eigenvalue weighted by molar-refractivity contribution is 5.25. The van der Waals surface area contributed by atoms with Crippen LogP contribution >= 0.6 is 0 Å². The molecule has 0 bridgehead atoms. The fraction of sp³-hybridized carbons (Fsp3) is 0.429. The van der Waals surface area contributed by atoms with Crippen LogP contribution in [0.3, 0.4) is 0 Å². The van der Waals surface area contributed by atoms with Gasteiger partial charge in [-0.2, -0.15) is 0 Å². The van der Waals surface area contributed by atoms with Crippen molar-refractivity contribution < 1.29 is 4.52 Å². The molecule has 1 unspecified atom stereocenters. The summed E-state index contributed by atoms with van der Waals surface area (Å²) >= 11 is 0. The third-order valence-corrected chi connectivity index (χ3v) is 3.27. The monoisotopic (exact) mass is 245 g/mol. The van der Waals surface area contributed by atoms with Crippen molar-refractivity contribution in [3.8, 4) is 0 Å². The molecule has 0 amide bonds. The van der Waals surface area contributed by atoms with Gasteiger partial charge in [0.2, 0.25) is 0 Å². The highest BCUT2D eigenvalue weighted by Gasteiger charge is 2.15. The third kappa shape index (κ3) is 2.59. The molecule has 4 nitrogen and oxygen atoms in total. The van der Waals surface area contributed by atoms with Crippen LogP contribution < -0.4 is 5.32 Å². The van der Waals surface area contributed by atoms with Gasteiger partial charge in [0, 0.05) is 30.5 Å². The molecule has 1 atom stereocenters. The van der Waals surface area contributed by atoms with E-state index in [0.717, 1.165) is 23.6 Å². The molecule has 0 aliphatic carbocycles. The zero-order chi connectivity index (χ0) is 13.1. The van der Waals surface area contributed by atoms with Gasteiger partial charge in [-0.05, 0) is 44.9 Å². The smallest absolute Gasteiger partial charge is 0.138 e. The summed E-state index contributed by atoms with van der Waals surface area (Å²) in [5.74, 6) is 0.885. The Balaban J connectivity index is 2.05. The van der Waals surface area contributed by atoms with Crippen molar-refractivity contribution in [2.75, 3.05) is 0 Å². The van der Waals surface area contributed by atoms with Crippen molar-refractivity contribution in [1.82, 2.24) is 15.5 Å². The van der Waals surface area contributed by atoms with Crippen molar-refractivity contribution in [2.45, 2.75) is 40.3 Å². The van der Waals surface area contributed by atoms with E-state index in [2.05, 4.69) is 29.3 Å². The number of hydrogen-bond acceptors (Lipinski definition) is 4. The van der Waals surface area contributed by atoms with Gasteiger partial charge >= 0.3 is 0 Å². The number of hydrogen-bond donors (Lipinski definition) is 1. The van der Waals surface area contributed by atoms with Crippen molar-refractivity contribution >= 4 is 0 Å². The van der Waals surface area contributed by atoms with Gasteiger partial charge in [0.25, 0.3) is 0 Å². The molecule has 96 valence electrons. The first-order valence-electron chi connectivity index (χ1n) is 6.15.